The molecule has 0 aromatic heterocycles. The van der Waals surface area contributed by atoms with Gasteiger partial charge in [-0.1, -0.05) is 17.7 Å². The average molecular weight is 382 g/mol. The first-order valence-electron chi connectivity index (χ1n) is 8.07. The maximum Gasteiger partial charge on any atom is 0.244 e. The molecule has 7 heteroatoms. The molecule has 0 atom stereocenters. The fraction of sp³-hybridized carbons (Fsp3) is 0.333. The summed E-state index contributed by atoms with van der Waals surface area (Å²) in [5, 5.41) is 0.329. The van der Waals surface area contributed by atoms with E-state index in [0.29, 0.717) is 5.02 Å². The Balaban J connectivity index is 1.59. The monoisotopic (exact) mass is 381 g/mol. The second-order valence-electron chi connectivity index (χ2n) is 5.83. The predicted molar refractivity (Wildman–Crippen MR) is 97.2 cm³/mol. The Hall–Kier alpha value is -1.76. The van der Waals surface area contributed by atoms with E-state index < -0.39 is 10.0 Å². The topological polar surface area (TPSA) is 64.6 Å². The highest BCUT2D eigenvalue weighted by molar-refractivity contribution is 7.89. The largest absolute Gasteiger partial charge is 0.495 e. The van der Waals surface area contributed by atoms with Crippen molar-refractivity contribution in [2.45, 2.75) is 24.2 Å². The zero-order valence-electron chi connectivity index (χ0n) is 13.9. The third-order valence-corrected chi connectivity index (χ3v) is 5.87. The molecule has 0 spiro atoms. The number of aryl methyl sites for hydroxylation is 2. The predicted octanol–water partition coefficient (Wildman–Crippen LogP) is 3.19. The minimum absolute atomic E-state index is 0.0139. The maximum absolute atomic E-state index is 12.4. The van der Waals surface area contributed by atoms with Gasteiger partial charge in [-0.2, -0.15) is 0 Å². The van der Waals surface area contributed by atoms with Gasteiger partial charge >= 0.3 is 0 Å². The Bertz CT molecular complexity index is 867. The number of fused-ring (bicyclic) bond motifs is 1. The third kappa shape index (κ3) is 4.26. The van der Waals surface area contributed by atoms with Gasteiger partial charge in [-0.25, -0.2) is 13.1 Å². The van der Waals surface area contributed by atoms with Crippen molar-refractivity contribution in [2.75, 3.05) is 20.3 Å². The van der Waals surface area contributed by atoms with Gasteiger partial charge in [0.25, 0.3) is 0 Å². The van der Waals surface area contributed by atoms with E-state index in [9.17, 15) is 8.42 Å². The number of methoxy groups -OCH3 is 1. The number of halogens is 1. The first kappa shape index (κ1) is 18.0. The van der Waals surface area contributed by atoms with Crippen LogP contribution < -0.4 is 14.2 Å². The molecular formula is C18H20ClNO4S. The normalized spacial score (nSPS) is 13.5. The van der Waals surface area contributed by atoms with Crippen molar-refractivity contribution in [1.29, 1.82) is 0 Å². The number of nitrogens with one attached hydrogen (secondary N) is 1. The van der Waals surface area contributed by atoms with Crippen molar-refractivity contribution in [3.8, 4) is 11.5 Å². The summed E-state index contributed by atoms with van der Waals surface area (Å²) in [5.41, 5.74) is 2.70. The minimum atomic E-state index is -3.73. The summed E-state index contributed by atoms with van der Waals surface area (Å²) in [6.07, 6.45) is 3.38. The van der Waals surface area contributed by atoms with Crippen LogP contribution in [0.3, 0.4) is 0 Å². The van der Waals surface area contributed by atoms with Crippen LogP contribution in [0, 0.1) is 0 Å². The van der Waals surface area contributed by atoms with Gasteiger partial charge in [-0.3, -0.25) is 0 Å². The molecule has 0 fully saturated rings. The highest BCUT2D eigenvalue weighted by atomic mass is 35.5. The molecule has 0 radical (unpaired) electrons. The quantitative estimate of drug-likeness (QED) is 0.748. The van der Waals surface area contributed by atoms with Gasteiger partial charge in [-0.15, -0.1) is 0 Å². The number of rotatable bonds is 7. The van der Waals surface area contributed by atoms with E-state index >= 15 is 0 Å². The molecule has 25 heavy (non-hydrogen) atoms. The molecule has 2 aromatic rings. The lowest BCUT2D eigenvalue weighted by Gasteiger charge is -2.12. The van der Waals surface area contributed by atoms with E-state index in [0.717, 1.165) is 18.6 Å². The summed E-state index contributed by atoms with van der Waals surface area (Å²) < 4.78 is 38.1. The average Bonchev–Trinajstić information content (AvgIpc) is 3.06. The molecule has 134 valence electrons. The van der Waals surface area contributed by atoms with Gasteiger partial charge in [0.15, 0.2) is 0 Å². The van der Waals surface area contributed by atoms with Crippen LogP contribution in [0.1, 0.15) is 17.5 Å². The summed E-state index contributed by atoms with van der Waals surface area (Å²) in [7, 11) is -2.31. The zero-order valence-corrected chi connectivity index (χ0v) is 15.5. The number of benzene rings is 2. The van der Waals surface area contributed by atoms with E-state index in [1.54, 1.807) is 6.07 Å². The van der Waals surface area contributed by atoms with E-state index in [2.05, 4.69) is 10.8 Å². The summed E-state index contributed by atoms with van der Waals surface area (Å²) in [6.45, 7) is 0.385. The Kier molecular flexibility index (Phi) is 5.51. The molecule has 2 aromatic carbocycles. The van der Waals surface area contributed by atoms with E-state index in [1.807, 2.05) is 12.1 Å². The summed E-state index contributed by atoms with van der Waals surface area (Å²) in [4.78, 5) is 0.0139. The molecule has 0 saturated heterocycles. The second-order valence-corrected chi connectivity index (χ2v) is 8.00. The molecule has 1 aliphatic carbocycles. The Morgan fingerprint density at radius 1 is 1.12 bits per heavy atom. The molecule has 0 aliphatic heterocycles. The van der Waals surface area contributed by atoms with E-state index in [4.69, 9.17) is 21.1 Å². The summed E-state index contributed by atoms with van der Waals surface area (Å²) in [6, 6.07) is 10.5. The van der Waals surface area contributed by atoms with Crippen LogP contribution in [0.2, 0.25) is 5.02 Å². The van der Waals surface area contributed by atoms with Crippen molar-refractivity contribution in [1.82, 2.24) is 4.72 Å². The standard InChI is InChI=1S/C18H20ClNO4S/c1-23-17-8-6-15(19)12-18(17)25(21,22)20-9-10-24-16-7-5-13-3-2-4-14(13)11-16/h5-8,11-12,20H,2-4,9-10H2,1H3. The number of hydrogen-bond donors (Lipinski definition) is 1. The van der Waals surface area contributed by atoms with E-state index in [-0.39, 0.29) is 23.8 Å². The number of ether oxygens (including phenoxy) is 2. The SMILES string of the molecule is COc1ccc(Cl)cc1S(=O)(=O)NCCOc1ccc2c(c1)CCC2. The van der Waals surface area contributed by atoms with Crippen molar-refractivity contribution in [3.63, 3.8) is 0 Å². The second kappa shape index (κ2) is 7.64. The first-order valence-corrected chi connectivity index (χ1v) is 9.93. The molecule has 5 nitrogen and oxygen atoms in total. The van der Waals surface area contributed by atoms with Crippen LogP contribution in [-0.4, -0.2) is 28.7 Å². The van der Waals surface area contributed by atoms with Gasteiger partial charge in [-0.05, 0) is 60.7 Å². The van der Waals surface area contributed by atoms with Crippen molar-refractivity contribution < 1.29 is 17.9 Å². The lowest BCUT2D eigenvalue weighted by Crippen LogP contribution is -2.28. The molecule has 3 rings (SSSR count). The van der Waals surface area contributed by atoms with Gasteiger partial charge in [0, 0.05) is 11.6 Å². The summed E-state index contributed by atoms with van der Waals surface area (Å²) in [5.74, 6) is 1.01. The Morgan fingerprint density at radius 3 is 2.72 bits per heavy atom. The molecule has 0 bridgehead atoms. The fourth-order valence-corrected chi connectivity index (χ4v) is 4.36. The molecule has 1 N–H and O–H groups in total. The lowest BCUT2D eigenvalue weighted by molar-refractivity contribution is 0.322. The van der Waals surface area contributed by atoms with Crippen molar-refractivity contribution in [2.24, 2.45) is 0 Å². The minimum Gasteiger partial charge on any atom is -0.495 e. The van der Waals surface area contributed by atoms with Crippen LogP contribution in [0.4, 0.5) is 0 Å². The zero-order chi connectivity index (χ0) is 17.9. The number of sulfonamides is 1. The van der Waals surface area contributed by atoms with Crippen molar-refractivity contribution >= 4 is 21.6 Å². The van der Waals surface area contributed by atoms with Crippen LogP contribution in [0.15, 0.2) is 41.3 Å². The lowest BCUT2D eigenvalue weighted by atomic mass is 10.1. The number of hydrogen-bond acceptors (Lipinski definition) is 4. The van der Waals surface area contributed by atoms with Crippen LogP contribution >= 0.6 is 11.6 Å². The van der Waals surface area contributed by atoms with Gasteiger partial charge in [0.1, 0.15) is 23.0 Å². The highest BCUT2D eigenvalue weighted by Crippen LogP contribution is 2.27. The van der Waals surface area contributed by atoms with Crippen LogP contribution in [0.5, 0.6) is 11.5 Å². The van der Waals surface area contributed by atoms with Crippen LogP contribution in [0.25, 0.3) is 0 Å². The summed E-state index contributed by atoms with van der Waals surface area (Å²) >= 11 is 5.90. The molecule has 0 saturated carbocycles. The van der Waals surface area contributed by atoms with Gasteiger partial charge in [0.05, 0.1) is 7.11 Å². The molecule has 0 heterocycles. The van der Waals surface area contributed by atoms with Crippen molar-refractivity contribution in [3.05, 3.63) is 52.5 Å². The smallest absolute Gasteiger partial charge is 0.244 e. The fourth-order valence-electron chi connectivity index (χ4n) is 2.92. The van der Waals surface area contributed by atoms with Crippen LogP contribution in [-0.2, 0) is 22.9 Å². The molecule has 1 aliphatic rings. The third-order valence-electron chi connectivity index (χ3n) is 4.15. The Labute approximate surface area is 153 Å². The Morgan fingerprint density at radius 2 is 1.92 bits per heavy atom. The van der Waals surface area contributed by atoms with Gasteiger partial charge < -0.3 is 9.47 Å². The molecule has 0 amide bonds. The van der Waals surface area contributed by atoms with Gasteiger partial charge in [0.2, 0.25) is 10.0 Å². The van der Waals surface area contributed by atoms with E-state index in [1.165, 1.54) is 36.8 Å². The first-order chi connectivity index (χ1) is 12.0. The maximum atomic E-state index is 12.4. The highest BCUT2D eigenvalue weighted by Gasteiger charge is 2.19. The molecule has 0 unspecified atom stereocenters. The molecular weight excluding hydrogens is 362 g/mol.